The maximum Gasteiger partial charge on any atom is 0.0645 e. The number of hydrogen-bond acceptors (Lipinski definition) is 2. The summed E-state index contributed by atoms with van der Waals surface area (Å²) in [7, 11) is 0. The molecule has 0 bridgehead atoms. The van der Waals surface area contributed by atoms with E-state index in [0.29, 0.717) is 0 Å². The number of nitrogens with one attached hydrogen (secondary N) is 1. The van der Waals surface area contributed by atoms with Crippen LogP contribution in [0.2, 0.25) is 0 Å². The van der Waals surface area contributed by atoms with E-state index in [4.69, 9.17) is 4.74 Å². The topological polar surface area (TPSA) is 26.2 Å². The van der Waals surface area contributed by atoms with Crippen LogP contribution in [0, 0.1) is 0 Å². The molecule has 1 aliphatic carbocycles. The Bertz CT molecular complexity index is 572. The van der Waals surface area contributed by atoms with Crippen molar-refractivity contribution in [3.05, 3.63) is 36.0 Å². The summed E-state index contributed by atoms with van der Waals surface area (Å²) < 4.78 is 8.05. The SMILES string of the molecule is CCCCOCCn1cc(CNC2CC2)c2ccccc21. The molecule has 1 saturated carbocycles. The molecule has 1 aromatic heterocycles. The minimum absolute atomic E-state index is 0.754. The van der Waals surface area contributed by atoms with Crippen molar-refractivity contribution in [3.63, 3.8) is 0 Å². The molecule has 1 fully saturated rings. The Balaban J connectivity index is 1.65. The summed E-state index contributed by atoms with van der Waals surface area (Å²) in [5, 5.41) is 4.99. The van der Waals surface area contributed by atoms with Crippen molar-refractivity contribution in [1.29, 1.82) is 0 Å². The van der Waals surface area contributed by atoms with E-state index in [2.05, 4.69) is 47.3 Å². The number of nitrogens with zero attached hydrogens (tertiary/aromatic N) is 1. The molecule has 0 amide bonds. The van der Waals surface area contributed by atoms with Gasteiger partial charge in [0.25, 0.3) is 0 Å². The summed E-state index contributed by atoms with van der Waals surface area (Å²) in [6.07, 6.45) is 7.32. The van der Waals surface area contributed by atoms with Gasteiger partial charge in [-0.25, -0.2) is 0 Å². The van der Waals surface area contributed by atoms with Gasteiger partial charge in [0, 0.05) is 42.8 Å². The van der Waals surface area contributed by atoms with Crippen LogP contribution in [0.5, 0.6) is 0 Å². The second-order valence-electron chi connectivity index (χ2n) is 5.99. The molecule has 114 valence electrons. The number of unbranched alkanes of at least 4 members (excludes halogenated alkanes) is 1. The van der Waals surface area contributed by atoms with Gasteiger partial charge in [-0.3, -0.25) is 0 Å². The molecule has 0 atom stereocenters. The van der Waals surface area contributed by atoms with Crippen LogP contribution in [0.3, 0.4) is 0 Å². The van der Waals surface area contributed by atoms with E-state index in [0.717, 1.165) is 38.8 Å². The van der Waals surface area contributed by atoms with Gasteiger partial charge in [-0.15, -0.1) is 0 Å². The molecule has 3 rings (SSSR count). The van der Waals surface area contributed by atoms with Gasteiger partial charge in [0.05, 0.1) is 6.61 Å². The predicted molar refractivity (Wildman–Crippen MR) is 87.5 cm³/mol. The Morgan fingerprint density at radius 1 is 1.24 bits per heavy atom. The van der Waals surface area contributed by atoms with E-state index in [1.54, 1.807) is 0 Å². The van der Waals surface area contributed by atoms with Crippen molar-refractivity contribution in [2.75, 3.05) is 13.2 Å². The zero-order chi connectivity index (χ0) is 14.5. The van der Waals surface area contributed by atoms with E-state index < -0.39 is 0 Å². The summed E-state index contributed by atoms with van der Waals surface area (Å²) in [4.78, 5) is 0. The second-order valence-corrected chi connectivity index (χ2v) is 5.99. The highest BCUT2D eigenvalue weighted by atomic mass is 16.5. The summed E-state index contributed by atoms with van der Waals surface area (Å²) in [6.45, 7) is 5.80. The molecule has 3 heteroatoms. The van der Waals surface area contributed by atoms with E-state index >= 15 is 0 Å². The molecular formula is C18H26N2O. The number of ether oxygens (including phenoxy) is 1. The molecule has 1 aromatic carbocycles. The first-order valence-corrected chi connectivity index (χ1v) is 8.26. The van der Waals surface area contributed by atoms with Crippen LogP contribution >= 0.6 is 0 Å². The number of aromatic nitrogens is 1. The van der Waals surface area contributed by atoms with Gasteiger partial charge in [-0.1, -0.05) is 31.5 Å². The van der Waals surface area contributed by atoms with Gasteiger partial charge in [0.15, 0.2) is 0 Å². The lowest BCUT2D eigenvalue weighted by Gasteiger charge is -2.06. The van der Waals surface area contributed by atoms with Gasteiger partial charge in [-0.05, 0) is 30.9 Å². The Hall–Kier alpha value is -1.32. The summed E-state index contributed by atoms with van der Waals surface area (Å²) >= 11 is 0. The van der Waals surface area contributed by atoms with Crippen molar-refractivity contribution < 1.29 is 4.74 Å². The number of fused-ring (bicyclic) bond motifs is 1. The number of benzene rings is 1. The van der Waals surface area contributed by atoms with Crippen molar-refractivity contribution >= 4 is 10.9 Å². The van der Waals surface area contributed by atoms with Crippen LogP contribution in [-0.2, 0) is 17.8 Å². The third kappa shape index (κ3) is 3.86. The Kier molecular flexibility index (Phi) is 4.94. The lowest BCUT2D eigenvalue weighted by Crippen LogP contribution is -2.15. The summed E-state index contributed by atoms with van der Waals surface area (Å²) in [6, 6.07) is 9.44. The molecule has 0 spiro atoms. The van der Waals surface area contributed by atoms with Crippen molar-refractivity contribution in [1.82, 2.24) is 9.88 Å². The first kappa shape index (κ1) is 14.6. The zero-order valence-corrected chi connectivity index (χ0v) is 13.0. The zero-order valence-electron chi connectivity index (χ0n) is 13.0. The Morgan fingerprint density at radius 3 is 2.90 bits per heavy atom. The third-order valence-corrected chi connectivity index (χ3v) is 4.15. The quantitative estimate of drug-likeness (QED) is 0.711. The first-order chi connectivity index (χ1) is 10.4. The number of rotatable bonds is 9. The molecule has 1 heterocycles. The van der Waals surface area contributed by atoms with Gasteiger partial charge in [0.1, 0.15) is 0 Å². The fourth-order valence-electron chi connectivity index (χ4n) is 2.70. The maximum atomic E-state index is 5.71. The Labute approximate surface area is 127 Å². The monoisotopic (exact) mass is 286 g/mol. The molecule has 2 aromatic rings. The highest BCUT2D eigenvalue weighted by molar-refractivity contribution is 5.83. The average Bonchev–Trinajstić information content (AvgIpc) is 3.28. The average molecular weight is 286 g/mol. The fourth-order valence-corrected chi connectivity index (χ4v) is 2.70. The molecule has 0 unspecified atom stereocenters. The normalized spacial score (nSPS) is 14.9. The maximum absolute atomic E-state index is 5.71. The lowest BCUT2D eigenvalue weighted by molar-refractivity contribution is 0.124. The molecule has 0 aliphatic heterocycles. The largest absolute Gasteiger partial charge is 0.380 e. The fraction of sp³-hybridized carbons (Fsp3) is 0.556. The molecule has 0 radical (unpaired) electrons. The molecule has 3 nitrogen and oxygen atoms in total. The first-order valence-electron chi connectivity index (χ1n) is 8.26. The lowest BCUT2D eigenvalue weighted by atomic mass is 10.2. The van der Waals surface area contributed by atoms with Gasteiger partial charge >= 0.3 is 0 Å². The standard InChI is InChI=1S/C18H26N2O/c1-2-3-11-21-12-10-20-14-15(13-19-16-8-9-16)17-6-4-5-7-18(17)20/h4-7,14,16,19H,2-3,8-13H2,1H3. The van der Waals surface area contributed by atoms with E-state index in [-0.39, 0.29) is 0 Å². The van der Waals surface area contributed by atoms with Crippen molar-refractivity contribution in [3.8, 4) is 0 Å². The molecule has 1 aliphatic rings. The van der Waals surface area contributed by atoms with Crippen LogP contribution in [0.1, 0.15) is 38.2 Å². The highest BCUT2D eigenvalue weighted by Gasteiger charge is 2.20. The van der Waals surface area contributed by atoms with Crippen molar-refractivity contribution in [2.24, 2.45) is 0 Å². The van der Waals surface area contributed by atoms with Gasteiger partial charge < -0.3 is 14.6 Å². The van der Waals surface area contributed by atoms with E-state index in [1.165, 1.54) is 35.7 Å². The summed E-state index contributed by atoms with van der Waals surface area (Å²) in [5.41, 5.74) is 2.73. The van der Waals surface area contributed by atoms with Gasteiger partial charge in [0.2, 0.25) is 0 Å². The van der Waals surface area contributed by atoms with Crippen LogP contribution in [0.4, 0.5) is 0 Å². The van der Waals surface area contributed by atoms with Gasteiger partial charge in [-0.2, -0.15) is 0 Å². The van der Waals surface area contributed by atoms with Crippen LogP contribution in [-0.4, -0.2) is 23.8 Å². The number of hydrogen-bond donors (Lipinski definition) is 1. The Morgan fingerprint density at radius 2 is 2.10 bits per heavy atom. The molecule has 0 saturated heterocycles. The van der Waals surface area contributed by atoms with E-state index in [9.17, 15) is 0 Å². The minimum Gasteiger partial charge on any atom is -0.380 e. The second kappa shape index (κ2) is 7.10. The highest BCUT2D eigenvalue weighted by Crippen LogP contribution is 2.24. The van der Waals surface area contributed by atoms with Crippen molar-refractivity contribution in [2.45, 2.75) is 51.7 Å². The smallest absolute Gasteiger partial charge is 0.0645 e. The van der Waals surface area contributed by atoms with Crippen LogP contribution in [0.15, 0.2) is 30.5 Å². The molecular weight excluding hydrogens is 260 g/mol. The predicted octanol–water partition coefficient (Wildman–Crippen LogP) is 3.71. The van der Waals surface area contributed by atoms with Crippen LogP contribution < -0.4 is 5.32 Å². The van der Waals surface area contributed by atoms with Crippen LogP contribution in [0.25, 0.3) is 10.9 Å². The molecule has 21 heavy (non-hydrogen) atoms. The molecule has 1 N–H and O–H groups in total. The summed E-state index contributed by atoms with van der Waals surface area (Å²) in [5.74, 6) is 0. The minimum atomic E-state index is 0.754. The number of para-hydroxylation sites is 1. The third-order valence-electron chi connectivity index (χ3n) is 4.15. The van der Waals surface area contributed by atoms with E-state index in [1.807, 2.05) is 0 Å².